The van der Waals surface area contributed by atoms with Crippen molar-refractivity contribution in [1.82, 2.24) is 15.2 Å². The summed E-state index contributed by atoms with van der Waals surface area (Å²) in [6.07, 6.45) is 6.20. The average Bonchev–Trinajstić information content (AvgIpc) is 3.38. The summed E-state index contributed by atoms with van der Waals surface area (Å²) >= 11 is 0. The number of aromatic amines is 1. The molecule has 3 atom stereocenters. The van der Waals surface area contributed by atoms with E-state index in [4.69, 9.17) is 0 Å². The van der Waals surface area contributed by atoms with Crippen LogP contribution in [-0.4, -0.2) is 34.4 Å². The third-order valence-corrected chi connectivity index (χ3v) is 7.07. The molecule has 2 aromatic carbocycles. The van der Waals surface area contributed by atoms with Crippen molar-refractivity contribution in [2.45, 2.75) is 63.6 Å². The van der Waals surface area contributed by atoms with Gasteiger partial charge in [0.2, 0.25) is 0 Å². The summed E-state index contributed by atoms with van der Waals surface area (Å²) in [4.78, 5) is 18.7. The van der Waals surface area contributed by atoms with Crippen molar-refractivity contribution in [1.29, 1.82) is 0 Å². The number of benzene rings is 2. The summed E-state index contributed by atoms with van der Waals surface area (Å²) < 4.78 is 13.5. The lowest BCUT2D eigenvalue weighted by atomic mass is 9.89. The SMILES string of the molecule is CCN(C(=O)c1cc2ccccc2[nH]1)[C@H]1CCC[C@@H](N[C@H]2CCc3cc(F)ccc32)C1. The van der Waals surface area contributed by atoms with Gasteiger partial charge in [0.05, 0.1) is 0 Å². The second-order valence-corrected chi connectivity index (χ2v) is 8.98. The molecular formula is C26H30FN3O. The number of para-hydroxylation sites is 1. The number of halogens is 1. The number of hydrogen-bond donors (Lipinski definition) is 2. The minimum atomic E-state index is -0.147. The first-order chi connectivity index (χ1) is 15.1. The molecule has 31 heavy (non-hydrogen) atoms. The van der Waals surface area contributed by atoms with Gasteiger partial charge in [-0.05, 0) is 80.8 Å². The van der Waals surface area contributed by atoms with Gasteiger partial charge < -0.3 is 15.2 Å². The second-order valence-electron chi connectivity index (χ2n) is 8.98. The van der Waals surface area contributed by atoms with E-state index in [2.05, 4.69) is 17.2 Å². The van der Waals surface area contributed by atoms with Crippen molar-refractivity contribution in [3.05, 3.63) is 71.2 Å². The van der Waals surface area contributed by atoms with Crippen molar-refractivity contribution in [2.75, 3.05) is 6.54 Å². The van der Waals surface area contributed by atoms with Gasteiger partial charge in [-0.2, -0.15) is 0 Å². The molecule has 2 N–H and O–H groups in total. The number of H-pyrrole nitrogens is 1. The van der Waals surface area contributed by atoms with Gasteiger partial charge >= 0.3 is 0 Å². The van der Waals surface area contributed by atoms with Crippen LogP contribution in [0, 0.1) is 5.82 Å². The molecule has 3 aromatic rings. The zero-order valence-electron chi connectivity index (χ0n) is 18.0. The summed E-state index contributed by atoms with van der Waals surface area (Å²) in [5.41, 5.74) is 4.05. The molecule has 0 bridgehead atoms. The van der Waals surface area contributed by atoms with Crippen LogP contribution in [0.1, 0.15) is 66.7 Å². The number of nitrogens with zero attached hydrogens (tertiary/aromatic N) is 1. The lowest BCUT2D eigenvalue weighted by Crippen LogP contribution is -2.47. The van der Waals surface area contributed by atoms with Gasteiger partial charge in [-0.15, -0.1) is 0 Å². The van der Waals surface area contributed by atoms with Crippen molar-refractivity contribution in [3.8, 4) is 0 Å². The number of fused-ring (bicyclic) bond motifs is 2. The van der Waals surface area contributed by atoms with E-state index in [1.54, 1.807) is 12.1 Å². The molecule has 5 rings (SSSR count). The summed E-state index contributed by atoms with van der Waals surface area (Å²) in [5.74, 6) is -0.0581. The first-order valence-corrected chi connectivity index (χ1v) is 11.6. The predicted octanol–water partition coefficient (Wildman–Crippen LogP) is 5.36. The van der Waals surface area contributed by atoms with E-state index >= 15 is 0 Å². The number of aryl methyl sites for hydroxylation is 1. The maximum Gasteiger partial charge on any atom is 0.270 e. The molecule has 1 fully saturated rings. The van der Waals surface area contributed by atoms with Gasteiger partial charge in [-0.3, -0.25) is 4.79 Å². The monoisotopic (exact) mass is 419 g/mol. The largest absolute Gasteiger partial charge is 0.351 e. The van der Waals surface area contributed by atoms with Crippen molar-refractivity contribution < 1.29 is 9.18 Å². The van der Waals surface area contributed by atoms with Gasteiger partial charge in [-0.1, -0.05) is 24.3 Å². The third kappa shape index (κ3) is 3.99. The minimum absolute atomic E-state index is 0.0889. The van der Waals surface area contributed by atoms with Crippen LogP contribution >= 0.6 is 0 Å². The fraction of sp³-hybridized carbons (Fsp3) is 0.423. The van der Waals surface area contributed by atoms with E-state index in [0.29, 0.717) is 24.3 Å². The normalized spacial score (nSPS) is 23.1. The smallest absolute Gasteiger partial charge is 0.270 e. The molecule has 1 heterocycles. The molecule has 0 aliphatic heterocycles. The fourth-order valence-electron chi connectivity index (χ4n) is 5.55. The minimum Gasteiger partial charge on any atom is -0.351 e. The molecule has 1 saturated carbocycles. The topological polar surface area (TPSA) is 48.1 Å². The molecule has 0 saturated heterocycles. The van der Waals surface area contributed by atoms with Crippen LogP contribution in [0.5, 0.6) is 0 Å². The number of carbonyl (C=O) groups is 1. The summed E-state index contributed by atoms with van der Waals surface area (Å²) in [6.45, 7) is 2.77. The zero-order chi connectivity index (χ0) is 21.4. The Morgan fingerprint density at radius 1 is 1.16 bits per heavy atom. The Balaban J connectivity index is 1.28. The fourth-order valence-corrected chi connectivity index (χ4v) is 5.55. The average molecular weight is 420 g/mol. The van der Waals surface area contributed by atoms with Crippen LogP contribution in [-0.2, 0) is 6.42 Å². The Hall–Kier alpha value is -2.66. The van der Waals surface area contributed by atoms with E-state index in [-0.39, 0.29) is 17.8 Å². The Labute approximate surface area is 182 Å². The highest BCUT2D eigenvalue weighted by atomic mass is 19.1. The zero-order valence-corrected chi connectivity index (χ0v) is 18.0. The number of aromatic nitrogens is 1. The highest BCUT2D eigenvalue weighted by Gasteiger charge is 2.32. The molecule has 1 aromatic heterocycles. The van der Waals surface area contributed by atoms with E-state index in [1.165, 1.54) is 5.56 Å². The molecule has 162 valence electrons. The molecular weight excluding hydrogens is 389 g/mol. The number of amides is 1. The maximum atomic E-state index is 13.5. The number of carbonyl (C=O) groups excluding carboxylic acids is 1. The van der Waals surface area contributed by atoms with Crippen LogP contribution in [0.25, 0.3) is 10.9 Å². The Bertz CT molecular complexity index is 1060. The molecule has 4 nitrogen and oxygen atoms in total. The van der Waals surface area contributed by atoms with Gasteiger partial charge in [0, 0.05) is 35.6 Å². The lowest BCUT2D eigenvalue weighted by molar-refractivity contribution is 0.0620. The Morgan fingerprint density at radius 3 is 2.87 bits per heavy atom. The Morgan fingerprint density at radius 2 is 2.03 bits per heavy atom. The van der Waals surface area contributed by atoms with Gasteiger partial charge in [-0.25, -0.2) is 4.39 Å². The van der Waals surface area contributed by atoms with Gasteiger partial charge in [0.15, 0.2) is 0 Å². The summed E-state index contributed by atoms with van der Waals surface area (Å²) in [6, 6.07) is 16.1. The first-order valence-electron chi connectivity index (χ1n) is 11.6. The molecule has 0 radical (unpaired) electrons. The first kappa shape index (κ1) is 20.3. The molecule has 0 unspecified atom stereocenters. The number of hydrogen-bond acceptors (Lipinski definition) is 2. The van der Waals surface area contributed by atoms with Crippen molar-refractivity contribution in [2.24, 2.45) is 0 Å². The van der Waals surface area contributed by atoms with E-state index in [9.17, 15) is 9.18 Å². The predicted molar refractivity (Wildman–Crippen MR) is 122 cm³/mol. The van der Waals surface area contributed by atoms with Crippen LogP contribution < -0.4 is 5.32 Å². The number of nitrogens with one attached hydrogen (secondary N) is 2. The van der Waals surface area contributed by atoms with Crippen LogP contribution in [0.2, 0.25) is 0 Å². The molecule has 5 heteroatoms. The lowest BCUT2D eigenvalue weighted by Gasteiger charge is -2.38. The Kier molecular flexibility index (Phi) is 5.53. The summed E-state index contributed by atoms with van der Waals surface area (Å²) in [5, 5.41) is 4.91. The van der Waals surface area contributed by atoms with Crippen LogP contribution in [0.3, 0.4) is 0 Å². The molecule has 0 spiro atoms. The second kappa shape index (κ2) is 8.46. The van der Waals surface area contributed by atoms with Crippen molar-refractivity contribution in [3.63, 3.8) is 0 Å². The van der Waals surface area contributed by atoms with Gasteiger partial charge in [0.1, 0.15) is 11.5 Å². The molecule has 2 aliphatic rings. The quantitative estimate of drug-likeness (QED) is 0.585. The third-order valence-electron chi connectivity index (χ3n) is 7.07. The standard InChI is InChI=1S/C26H30FN3O/c1-2-30(26(31)25-15-18-6-3-4-9-23(18)29-25)21-8-5-7-20(16-21)28-24-13-10-17-14-19(27)11-12-22(17)24/h3-4,6,9,11-12,14-15,20-21,24,28-29H,2,5,7-8,10,13,16H2,1H3/t20-,21+,24+/m1/s1. The van der Waals surface area contributed by atoms with E-state index in [0.717, 1.165) is 55.0 Å². The molecule has 2 aliphatic carbocycles. The van der Waals surface area contributed by atoms with Crippen LogP contribution in [0.4, 0.5) is 4.39 Å². The van der Waals surface area contributed by atoms with Gasteiger partial charge in [0.25, 0.3) is 5.91 Å². The van der Waals surface area contributed by atoms with Crippen LogP contribution in [0.15, 0.2) is 48.5 Å². The van der Waals surface area contributed by atoms with E-state index in [1.807, 2.05) is 41.3 Å². The molecule has 1 amide bonds. The highest BCUT2D eigenvalue weighted by Crippen LogP contribution is 2.34. The summed E-state index contributed by atoms with van der Waals surface area (Å²) in [7, 11) is 0. The highest BCUT2D eigenvalue weighted by molar-refractivity contribution is 5.98. The number of rotatable bonds is 5. The maximum absolute atomic E-state index is 13.5. The van der Waals surface area contributed by atoms with E-state index < -0.39 is 0 Å². The van der Waals surface area contributed by atoms with Crippen molar-refractivity contribution >= 4 is 16.8 Å².